The molecule has 0 saturated heterocycles. The van der Waals surface area contributed by atoms with Gasteiger partial charge >= 0.3 is 0 Å². The molecule has 0 spiro atoms. The average molecular weight is 232 g/mol. The third-order valence-electron chi connectivity index (χ3n) is 1.99. The van der Waals surface area contributed by atoms with E-state index in [-0.39, 0.29) is 11.6 Å². The summed E-state index contributed by atoms with van der Waals surface area (Å²) in [5.41, 5.74) is 5.89. The van der Waals surface area contributed by atoms with E-state index in [1.807, 2.05) is 6.92 Å². The van der Waals surface area contributed by atoms with E-state index < -0.39 is 10.0 Å². The summed E-state index contributed by atoms with van der Waals surface area (Å²) in [5, 5.41) is 6.18. The molecule has 1 aromatic rings. The number of nitrogens with one attached hydrogen (secondary N) is 2. The highest BCUT2D eigenvalue weighted by Crippen LogP contribution is 2.10. The fraction of sp³-hybridized carbons (Fsp3) is 0.625. The minimum Gasteiger partial charge on any atom is -0.326 e. The van der Waals surface area contributed by atoms with Gasteiger partial charge in [-0.1, -0.05) is 13.3 Å². The normalized spacial score (nSPS) is 11.9. The molecular formula is C8H16N4O2S. The molecule has 0 bridgehead atoms. The van der Waals surface area contributed by atoms with Crippen molar-refractivity contribution in [1.82, 2.24) is 14.9 Å². The Hall–Kier alpha value is -0.920. The van der Waals surface area contributed by atoms with Crippen molar-refractivity contribution in [3.05, 3.63) is 11.8 Å². The number of rotatable bonds is 6. The van der Waals surface area contributed by atoms with Crippen LogP contribution in [-0.4, -0.2) is 25.2 Å². The van der Waals surface area contributed by atoms with Crippen molar-refractivity contribution >= 4 is 10.0 Å². The Morgan fingerprint density at radius 2 is 2.33 bits per heavy atom. The molecule has 0 unspecified atom stereocenters. The first-order valence-corrected chi connectivity index (χ1v) is 6.32. The van der Waals surface area contributed by atoms with Gasteiger partial charge in [-0.25, -0.2) is 13.1 Å². The van der Waals surface area contributed by atoms with Crippen LogP contribution in [0.4, 0.5) is 0 Å². The van der Waals surface area contributed by atoms with Crippen LogP contribution in [-0.2, 0) is 16.6 Å². The van der Waals surface area contributed by atoms with Crippen LogP contribution in [0, 0.1) is 0 Å². The lowest BCUT2D eigenvalue weighted by atomic mass is 10.3. The summed E-state index contributed by atoms with van der Waals surface area (Å²) in [6, 6.07) is 0. The van der Waals surface area contributed by atoms with Gasteiger partial charge in [-0.05, 0) is 6.42 Å². The van der Waals surface area contributed by atoms with Crippen LogP contribution in [0.2, 0.25) is 0 Å². The second-order valence-electron chi connectivity index (χ2n) is 3.18. The molecule has 0 atom stereocenters. The molecule has 0 radical (unpaired) electrons. The lowest BCUT2D eigenvalue weighted by Crippen LogP contribution is -2.26. The number of H-pyrrole nitrogens is 1. The number of nitrogens with two attached hydrogens (primary N) is 1. The lowest BCUT2D eigenvalue weighted by Gasteiger charge is -2.05. The van der Waals surface area contributed by atoms with Crippen LogP contribution in [0.1, 0.15) is 25.3 Å². The Labute approximate surface area is 89.3 Å². The fourth-order valence-corrected chi connectivity index (χ4v) is 2.34. The summed E-state index contributed by atoms with van der Waals surface area (Å²) in [4.78, 5) is 0. The van der Waals surface area contributed by atoms with Gasteiger partial charge < -0.3 is 5.73 Å². The highest BCUT2D eigenvalue weighted by Gasteiger charge is 2.18. The number of sulfonamides is 1. The van der Waals surface area contributed by atoms with Crippen LogP contribution >= 0.6 is 0 Å². The number of aromatic amines is 1. The Kier molecular flexibility index (Phi) is 4.25. The maximum Gasteiger partial charge on any atom is 0.257 e. The monoisotopic (exact) mass is 232 g/mol. The van der Waals surface area contributed by atoms with Gasteiger partial charge in [0.1, 0.15) is 0 Å². The Balaban J connectivity index is 2.77. The van der Waals surface area contributed by atoms with Crippen molar-refractivity contribution < 1.29 is 8.42 Å². The van der Waals surface area contributed by atoms with Crippen molar-refractivity contribution in [2.24, 2.45) is 5.73 Å². The Bertz CT molecular complexity index is 399. The molecule has 0 saturated carbocycles. The van der Waals surface area contributed by atoms with Crippen LogP contribution in [0.25, 0.3) is 0 Å². The van der Waals surface area contributed by atoms with Gasteiger partial charge in [0, 0.05) is 18.7 Å². The molecule has 0 aliphatic rings. The predicted octanol–water partition coefficient (Wildman–Crippen LogP) is -0.0532. The first kappa shape index (κ1) is 12.2. The van der Waals surface area contributed by atoms with E-state index in [2.05, 4.69) is 14.9 Å². The van der Waals surface area contributed by atoms with Gasteiger partial charge in [-0.3, -0.25) is 5.10 Å². The molecule has 0 aromatic carbocycles. The van der Waals surface area contributed by atoms with Crippen molar-refractivity contribution in [2.45, 2.75) is 31.3 Å². The molecule has 1 rings (SSSR count). The summed E-state index contributed by atoms with van der Waals surface area (Å²) >= 11 is 0. The van der Waals surface area contributed by atoms with Crippen LogP contribution in [0.15, 0.2) is 11.2 Å². The molecule has 0 aliphatic carbocycles. The Morgan fingerprint density at radius 3 is 2.93 bits per heavy atom. The smallest absolute Gasteiger partial charge is 0.257 e. The number of unbranched alkanes of at least 4 members (excludes halogenated alkanes) is 1. The number of hydrogen-bond donors (Lipinski definition) is 3. The van der Waals surface area contributed by atoms with E-state index in [0.29, 0.717) is 12.1 Å². The standard InChI is InChI=1S/C8H16N4O2S/c1-2-3-4-11-15(13,14)8-7(5-9)6-10-12-8/h6,11H,2-5,9H2,1H3,(H,10,12). The maximum absolute atomic E-state index is 11.7. The van der Waals surface area contributed by atoms with Crippen molar-refractivity contribution in [3.63, 3.8) is 0 Å². The summed E-state index contributed by atoms with van der Waals surface area (Å²) in [6.45, 7) is 2.58. The van der Waals surface area contributed by atoms with Gasteiger partial charge in [0.25, 0.3) is 10.0 Å². The van der Waals surface area contributed by atoms with Crippen LogP contribution in [0.5, 0.6) is 0 Å². The number of aromatic nitrogens is 2. The molecule has 1 aromatic heterocycles. The predicted molar refractivity (Wildman–Crippen MR) is 56.6 cm³/mol. The number of nitrogens with zero attached hydrogens (tertiary/aromatic N) is 1. The SMILES string of the molecule is CCCCNS(=O)(=O)c1[nH]ncc1CN. The molecule has 6 nitrogen and oxygen atoms in total. The lowest BCUT2D eigenvalue weighted by molar-refractivity contribution is 0.573. The average Bonchev–Trinajstić information content (AvgIpc) is 2.66. The van der Waals surface area contributed by atoms with Crippen LogP contribution < -0.4 is 10.5 Å². The zero-order chi connectivity index (χ0) is 11.3. The largest absolute Gasteiger partial charge is 0.326 e. The molecule has 15 heavy (non-hydrogen) atoms. The van der Waals surface area contributed by atoms with Gasteiger partial charge in [0.15, 0.2) is 5.03 Å². The zero-order valence-electron chi connectivity index (χ0n) is 8.66. The van der Waals surface area contributed by atoms with Gasteiger partial charge in [-0.2, -0.15) is 5.10 Å². The van der Waals surface area contributed by atoms with Crippen LogP contribution in [0.3, 0.4) is 0 Å². The molecule has 1 heterocycles. The minimum atomic E-state index is -3.48. The first-order valence-electron chi connectivity index (χ1n) is 4.83. The minimum absolute atomic E-state index is 0.0705. The zero-order valence-corrected chi connectivity index (χ0v) is 9.47. The summed E-state index contributed by atoms with van der Waals surface area (Å²) in [7, 11) is -3.48. The summed E-state index contributed by atoms with van der Waals surface area (Å²) in [5.74, 6) is 0. The molecule has 4 N–H and O–H groups in total. The van der Waals surface area contributed by atoms with Crippen molar-refractivity contribution in [2.75, 3.05) is 6.54 Å². The quantitative estimate of drug-likeness (QED) is 0.598. The van der Waals surface area contributed by atoms with Crippen molar-refractivity contribution in [3.8, 4) is 0 Å². The van der Waals surface area contributed by atoms with E-state index >= 15 is 0 Å². The molecule has 0 amide bonds. The Morgan fingerprint density at radius 1 is 1.60 bits per heavy atom. The highest BCUT2D eigenvalue weighted by atomic mass is 32.2. The van der Waals surface area contributed by atoms with E-state index in [0.717, 1.165) is 12.8 Å². The molecule has 86 valence electrons. The van der Waals surface area contributed by atoms with E-state index in [1.54, 1.807) is 0 Å². The molecule has 7 heteroatoms. The fourth-order valence-electron chi connectivity index (χ4n) is 1.13. The van der Waals surface area contributed by atoms with Crippen molar-refractivity contribution in [1.29, 1.82) is 0 Å². The second kappa shape index (κ2) is 5.24. The molecule has 0 aliphatic heterocycles. The molecular weight excluding hydrogens is 216 g/mol. The maximum atomic E-state index is 11.7. The summed E-state index contributed by atoms with van der Waals surface area (Å²) in [6.07, 6.45) is 3.18. The van der Waals surface area contributed by atoms with Gasteiger partial charge in [0.05, 0.1) is 6.20 Å². The van der Waals surface area contributed by atoms with E-state index in [1.165, 1.54) is 6.20 Å². The topological polar surface area (TPSA) is 101 Å². The number of hydrogen-bond acceptors (Lipinski definition) is 4. The van der Waals surface area contributed by atoms with E-state index in [4.69, 9.17) is 5.73 Å². The molecule has 0 fully saturated rings. The third kappa shape index (κ3) is 3.01. The highest BCUT2D eigenvalue weighted by molar-refractivity contribution is 7.89. The first-order chi connectivity index (χ1) is 7.11. The summed E-state index contributed by atoms with van der Waals surface area (Å²) < 4.78 is 25.9. The second-order valence-corrected chi connectivity index (χ2v) is 4.88. The third-order valence-corrected chi connectivity index (χ3v) is 3.46. The van der Waals surface area contributed by atoms with E-state index in [9.17, 15) is 8.42 Å². The van der Waals surface area contributed by atoms with Gasteiger partial charge in [0.2, 0.25) is 0 Å². The van der Waals surface area contributed by atoms with Gasteiger partial charge in [-0.15, -0.1) is 0 Å².